The maximum absolute atomic E-state index is 13.1. The first-order valence-corrected chi connectivity index (χ1v) is 9.22. The van der Waals surface area contributed by atoms with E-state index in [1.54, 1.807) is 42.5 Å². The lowest BCUT2D eigenvalue weighted by Crippen LogP contribution is -2.22. The van der Waals surface area contributed by atoms with Gasteiger partial charge in [-0.15, -0.1) is 5.10 Å². The number of hydrogen-bond acceptors (Lipinski definition) is 4. The Hall–Kier alpha value is -3.15. The molecular weight excluding hydrogens is 395 g/mol. The number of anilines is 2. The Morgan fingerprint density at radius 3 is 2.36 bits per heavy atom. The van der Waals surface area contributed by atoms with Crippen molar-refractivity contribution in [3.05, 3.63) is 99.8 Å². The minimum Gasteiger partial charge on any atom is -0.324 e. The van der Waals surface area contributed by atoms with E-state index < -0.39 is 0 Å². The van der Waals surface area contributed by atoms with E-state index >= 15 is 0 Å². The SMILES string of the molecule is O=c1c2ccccc2nc(Nc2ccccc2)n1/N=C(\Cl)c1ccc(Cl)cc1. The van der Waals surface area contributed by atoms with E-state index in [4.69, 9.17) is 23.2 Å². The summed E-state index contributed by atoms with van der Waals surface area (Å²) in [7, 11) is 0. The van der Waals surface area contributed by atoms with Gasteiger partial charge in [0.25, 0.3) is 5.56 Å². The van der Waals surface area contributed by atoms with Crippen molar-refractivity contribution in [1.82, 2.24) is 9.66 Å². The second kappa shape index (κ2) is 7.84. The van der Waals surface area contributed by atoms with Crippen LogP contribution in [0.3, 0.4) is 0 Å². The fourth-order valence-corrected chi connectivity index (χ4v) is 3.01. The number of hydrogen-bond donors (Lipinski definition) is 1. The molecule has 0 atom stereocenters. The molecule has 138 valence electrons. The van der Waals surface area contributed by atoms with Crippen molar-refractivity contribution >= 4 is 50.9 Å². The summed E-state index contributed by atoms with van der Waals surface area (Å²) in [5.74, 6) is 0.266. The number of aromatic nitrogens is 2. The van der Waals surface area contributed by atoms with Gasteiger partial charge in [-0.3, -0.25) is 4.79 Å². The van der Waals surface area contributed by atoms with Crippen LogP contribution in [0.25, 0.3) is 10.9 Å². The van der Waals surface area contributed by atoms with Crippen LogP contribution in [0.4, 0.5) is 11.6 Å². The predicted octanol–water partition coefficient (Wildman–Crippen LogP) is 5.24. The van der Waals surface area contributed by atoms with Crippen molar-refractivity contribution in [1.29, 1.82) is 0 Å². The third kappa shape index (κ3) is 3.76. The van der Waals surface area contributed by atoms with Crippen molar-refractivity contribution in [3.63, 3.8) is 0 Å². The summed E-state index contributed by atoms with van der Waals surface area (Å²) in [5, 5.41) is 8.64. The predicted molar refractivity (Wildman–Crippen MR) is 115 cm³/mol. The summed E-state index contributed by atoms with van der Waals surface area (Å²) in [6.07, 6.45) is 0. The summed E-state index contributed by atoms with van der Waals surface area (Å²) >= 11 is 12.3. The van der Waals surface area contributed by atoms with Crippen LogP contribution in [-0.4, -0.2) is 14.8 Å². The Morgan fingerprint density at radius 2 is 1.61 bits per heavy atom. The Morgan fingerprint density at radius 1 is 0.929 bits per heavy atom. The van der Waals surface area contributed by atoms with Crippen LogP contribution >= 0.6 is 23.2 Å². The largest absolute Gasteiger partial charge is 0.324 e. The van der Waals surface area contributed by atoms with Gasteiger partial charge in [0, 0.05) is 16.3 Å². The van der Waals surface area contributed by atoms with Crippen LogP contribution in [0.1, 0.15) is 5.56 Å². The van der Waals surface area contributed by atoms with Crippen molar-refractivity contribution in [2.45, 2.75) is 0 Å². The van der Waals surface area contributed by atoms with E-state index in [1.165, 1.54) is 4.68 Å². The van der Waals surface area contributed by atoms with Gasteiger partial charge in [-0.25, -0.2) is 4.98 Å². The normalized spacial score (nSPS) is 11.6. The van der Waals surface area contributed by atoms with Crippen LogP contribution in [0.2, 0.25) is 5.02 Å². The van der Waals surface area contributed by atoms with E-state index in [9.17, 15) is 4.79 Å². The highest BCUT2D eigenvalue weighted by Gasteiger charge is 2.12. The van der Waals surface area contributed by atoms with Crippen molar-refractivity contribution in [3.8, 4) is 0 Å². The molecule has 0 saturated carbocycles. The van der Waals surface area contributed by atoms with Crippen LogP contribution in [-0.2, 0) is 0 Å². The fraction of sp³-hybridized carbons (Fsp3) is 0. The maximum Gasteiger partial charge on any atom is 0.283 e. The third-order valence-corrected chi connectivity index (χ3v) is 4.60. The highest BCUT2D eigenvalue weighted by molar-refractivity contribution is 6.69. The molecule has 0 amide bonds. The zero-order chi connectivity index (χ0) is 19.5. The topological polar surface area (TPSA) is 59.3 Å². The van der Waals surface area contributed by atoms with Crippen molar-refractivity contribution in [2.24, 2.45) is 5.10 Å². The summed E-state index contributed by atoms with van der Waals surface area (Å²) in [6, 6.07) is 23.4. The van der Waals surface area contributed by atoms with Crippen LogP contribution in [0.5, 0.6) is 0 Å². The molecule has 0 saturated heterocycles. The van der Waals surface area contributed by atoms with Gasteiger partial charge in [0.15, 0.2) is 5.17 Å². The first-order valence-electron chi connectivity index (χ1n) is 8.46. The molecular formula is C21H14Cl2N4O. The molecule has 4 aromatic rings. The number of para-hydroxylation sites is 2. The van der Waals surface area contributed by atoms with E-state index in [0.29, 0.717) is 21.5 Å². The number of rotatable bonds is 4. The molecule has 3 aromatic carbocycles. The van der Waals surface area contributed by atoms with E-state index in [0.717, 1.165) is 5.69 Å². The number of nitrogens with zero attached hydrogens (tertiary/aromatic N) is 3. The average Bonchev–Trinajstić information content (AvgIpc) is 2.72. The van der Waals surface area contributed by atoms with Gasteiger partial charge >= 0.3 is 0 Å². The quantitative estimate of drug-likeness (QED) is 0.469. The smallest absolute Gasteiger partial charge is 0.283 e. The molecule has 0 radical (unpaired) electrons. The number of fused-ring (bicyclic) bond motifs is 1. The van der Waals surface area contributed by atoms with Crippen LogP contribution in [0, 0.1) is 0 Å². The van der Waals surface area contributed by atoms with Gasteiger partial charge < -0.3 is 5.32 Å². The van der Waals surface area contributed by atoms with E-state index in [1.807, 2.05) is 36.4 Å². The monoisotopic (exact) mass is 408 g/mol. The van der Waals surface area contributed by atoms with Crippen molar-refractivity contribution in [2.75, 3.05) is 5.32 Å². The third-order valence-electron chi connectivity index (χ3n) is 4.05. The molecule has 1 heterocycles. The molecule has 4 rings (SSSR count). The molecule has 0 aliphatic rings. The molecule has 28 heavy (non-hydrogen) atoms. The summed E-state index contributed by atoms with van der Waals surface area (Å²) < 4.78 is 1.17. The molecule has 1 aromatic heterocycles. The summed E-state index contributed by atoms with van der Waals surface area (Å²) in [6.45, 7) is 0. The second-order valence-electron chi connectivity index (χ2n) is 5.96. The number of halogens is 2. The molecule has 0 aliphatic carbocycles. The second-order valence-corrected chi connectivity index (χ2v) is 6.75. The zero-order valence-electron chi connectivity index (χ0n) is 14.5. The highest BCUT2D eigenvalue weighted by Crippen LogP contribution is 2.18. The lowest BCUT2D eigenvalue weighted by Gasteiger charge is -2.12. The first kappa shape index (κ1) is 18.2. The molecule has 5 nitrogen and oxygen atoms in total. The first-order chi connectivity index (χ1) is 13.6. The van der Waals surface area contributed by atoms with Gasteiger partial charge in [0.2, 0.25) is 5.95 Å². The standard InChI is InChI=1S/C21H14Cl2N4O/c22-15-12-10-14(11-13-15)19(23)26-27-20(28)17-8-4-5-9-18(17)25-21(27)24-16-6-2-1-3-7-16/h1-13H,(H,24,25)/b26-19-. The number of nitrogens with one attached hydrogen (secondary N) is 1. The van der Waals surface area contributed by atoms with E-state index in [2.05, 4.69) is 15.4 Å². The molecule has 0 fully saturated rings. The number of benzene rings is 3. The Kier molecular flexibility index (Phi) is 5.10. The molecule has 0 aliphatic heterocycles. The lowest BCUT2D eigenvalue weighted by molar-refractivity contribution is 0.829. The van der Waals surface area contributed by atoms with Gasteiger partial charge in [-0.2, -0.15) is 4.68 Å². The summed E-state index contributed by atoms with van der Waals surface area (Å²) in [4.78, 5) is 17.6. The van der Waals surface area contributed by atoms with Crippen LogP contribution in [0.15, 0.2) is 88.8 Å². The van der Waals surface area contributed by atoms with Gasteiger partial charge in [0.1, 0.15) is 0 Å². The minimum atomic E-state index is -0.323. The summed E-state index contributed by atoms with van der Waals surface area (Å²) in [5.41, 5.74) is 1.66. The molecule has 0 spiro atoms. The Bertz CT molecular complexity index is 1220. The van der Waals surface area contributed by atoms with Gasteiger partial charge in [-0.1, -0.05) is 65.7 Å². The van der Waals surface area contributed by atoms with Crippen molar-refractivity contribution < 1.29 is 0 Å². The van der Waals surface area contributed by atoms with Gasteiger partial charge in [0.05, 0.1) is 10.9 Å². The maximum atomic E-state index is 13.1. The Balaban J connectivity index is 1.88. The zero-order valence-corrected chi connectivity index (χ0v) is 16.0. The molecule has 0 unspecified atom stereocenters. The Labute approximate surface area is 170 Å². The highest BCUT2D eigenvalue weighted by atomic mass is 35.5. The van der Waals surface area contributed by atoms with Gasteiger partial charge in [-0.05, 0) is 36.4 Å². The van der Waals surface area contributed by atoms with Crippen LogP contribution < -0.4 is 10.9 Å². The molecule has 1 N–H and O–H groups in total. The molecule has 7 heteroatoms. The fourth-order valence-electron chi connectivity index (χ4n) is 2.68. The lowest BCUT2D eigenvalue weighted by atomic mass is 10.2. The molecule has 0 bridgehead atoms. The van der Waals surface area contributed by atoms with E-state index in [-0.39, 0.29) is 16.7 Å². The minimum absolute atomic E-state index is 0.145. The average molecular weight is 409 g/mol.